The number of fused-ring (bicyclic) bond motifs is 1. The summed E-state index contributed by atoms with van der Waals surface area (Å²) in [5.74, 6) is -0.0263. The maximum absolute atomic E-state index is 13.1. The molecule has 1 atom stereocenters. The van der Waals surface area contributed by atoms with Gasteiger partial charge in [0.2, 0.25) is 0 Å². The third-order valence-electron chi connectivity index (χ3n) is 5.54. The number of Topliss-reactive ketones (excluding diaryl/α,β-unsaturated/α-hetero) is 1. The average molecular weight is 453 g/mol. The van der Waals surface area contributed by atoms with Crippen LogP contribution >= 0.6 is 0 Å². The maximum Gasteiger partial charge on any atom is 0.295 e. The third-order valence-corrected chi connectivity index (χ3v) is 5.54. The highest BCUT2D eigenvalue weighted by Gasteiger charge is 2.46. The molecule has 8 nitrogen and oxygen atoms in total. The van der Waals surface area contributed by atoms with Crippen molar-refractivity contribution >= 4 is 17.4 Å². The second-order valence-corrected chi connectivity index (χ2v) is 7.76. The fraction of sp³-hybridized carbons (Fsp3) is 0.360. The number of aliphatic hydroxyl groups excluding tert-OH is 1. The van der Waals surface area contributed by atoms with Gasteiger partial charge in [0, 0.05) is 19.2 Å². The molecule has 0 aromatic heterocycles. The van der Waals surface area contributed by atoms with Crippen LogP contribution in [0.25, 0.3) is 5.76 Å². The van der Waals surface area contributed by atoms with Crippen LogP contribution in [0, 0.1) is 0 Å². The van der Waals surface area contributed by atoms with Gasteiger partial charge in [-0.05, 0) is 42.3 Å². The van der Waals surface area contributed by atoms with E-state index in [9.17, 15) is 14.7 Å². The van der Waals surface area contributed by atoms with Crippen molar-refractivity contribution in [3.63, 3.8) is 0 Å². The summed E-state index contributed by atoms with van der Waals surface area (Å²) >= 11 is 0. The molecule has 4 rings (SSSR count). The topological polar surface area (TPSA) is 94.5 Å². The minimum atomic E-state index is -0.779. The quantitative estimate of drug-likeness (QED) is 0.372. The van der Waals surface area contributed by atoms with Crippen LogP contribution in [-0.2, 0) is 14.3 Å². The van der Waals surface area contributed by atoms with E-state index in [-0.39, 0.29) is 24.5 Å². The Morgan fingerprint density at radius 2 is 1.88 bits per heavy atom. The summed E-state index contributed by atoms with van der Waals surface area (Å²) in [5, 5.41) is 11.2. The highest BCUT2D eigenvalue weighted by molar-refractivity contribution is 6.46. The van der Waals surface area contributed by atoms with Crippen molar-refractivity contribution in [2.45, 2.75) is 19.4 Å². The van der Waals surface area contributed by atoms with Gasteiger partial charge < -0.3 is 29.0 Å². The number of rotatable bonds is 8. The molecule has 2 aliphatic rings. The summed E-state index contributed by atoms with van der Waals surface area (Å²) in [4.78, 5) is 27.4. The first-order valence-electron chi connectivity index (χ1n) is 10.9. The van der Waals surface area contributed by atoms with Gasteiger partial charge in [-0.2, -0.15) is 0 Å². The van der Waals surface area contributed by atoms with Gasteiger partial charge in [0.15, 0.2) is 11.5 Å². The highest BCUT2D eigenvalue weighted by atomic mass is 16.6. The number of ketones is 1. The average Bonchev–Trinajstić information content (AvgIpc) is 3.10. The minimum Gasteiger partial charge on any atom is -0.507 e. The molecule has 33 heavy (non-hydrogen) atoms. The summed E-state index contributed by atoms with van der Waals surface area (Å²) in [6.45, 7) is 3.84. The fourth-order valence-electron chi connectivity index (χ4n) is 3.99. The van der Waals surface area contributed by atoms with Crippen molar-refractivity contribution in [2.75, 3.05) is 40.1 Å². The van der Waals surface area contributed by atoms with Crippen molar-refractivity contribution in [3.8, 4) is 17.2 Å². The number of nitrogens with zero attached hydrogens (tertiary/aromatic N) is 1. The number of likely N-dealkylation sites (tertiary alicyclic amines) is 1. The number of benzene rings is 2. The molecule has 2 aliphatic heterocycles. The van der Waals surface area contributed by atoms with Gasteiger partial charge in [-0.25, -0.2) is 0 Å². The lowest BCUT2D eigenvalue weighted by atomic mass is 9.95. The van der Waals surface area contributed by atoms with E-state index in [1.807, 2.05) is 19.1 Å². The first-order chi connectivity index (χ1) is 16.0. The Kier molecular flexibility index (Phi) is 6.84. The molecule has 0 radical (unpaired) electrons. The molecule has 0 bridgehead atoms. The number of amides is 1. The van der Waals surface area contributed by atoms with Gasteiger partial charge in [-0.1, -0.05) is 19.1 Å². The largest absolute Gasteiger partial charge is 0.507 e. The van der Waals surface area contributed by atoms with Crippen molar-refractivity contribution in [1.82, 2.24) is 4.90 Å². The number of carbonyl (C=O) groups is 2. The van der Waals surface area contributed by atoms with E-state index < -0.39 is 17.7 Å². The molecule has 2 heterocycles. The maximum atomic E-state index is 13.1. The lowest BCUT2D eigenvalue weighted by Crippen LogP contribution is -2.32. The Morgan fingerprint density at radius 1 is 1.09 bits per heavy atom. The Hall–Kier alpha value is -3.52. The van der Waals surface area contributed by atoms with Crippen LogP contribution in [0.5, 0.6) is 17.2 Å². The summed E-state index contributed by atoms with van der Waals surface area (Å²) in [7, 11) is 1.53. The molecule has 174 valence electrons. The summed E-state index contributed by atoms with van der Waals surface area (Å²) < 4.78 is 22.0. The lowest BCUT2D eigenvalue weighted by Gasteiger charge is -2.25. The van der Waals surface area contributed by atoms with E-state index in [4.69, 9.17) is 18.9 Å². The van der Waals surface area contributed by atoms with Gasteiger partial charge in [0.25, 0.3) is 11.7 Å². The van der Waals surface area contributed by atoms with Gasteiger partial charge in [0.1, 0.15) is 24.7 Å². The molecule has 0 unspecified atom stereocenters. The molecule has 1 fully saturated rings. The molecule has 1 N–H and O–H groups in total. The Bertz CT molecular complexity index is 1080. The van der Waals surface area contributed by atoms with E-state index in [2.05, 4.69) is 0 Å². The zero-order valence-corrected chi connectivity index (χ0v) is 18.7. The standard InChI is InChI=1S/C25H27NO7/c1-3-10-31-18-6-4-5-16(14-18)22-21(24(28)25(29)26(22)9-11-30-2)23(27)17-7-8-19-20(15-17)33-13-12-32-19/h4-8,14-15,22,27H,3,9-13H2,1-2H3/b23-21+/t22-/m1/s1. The molecule has 2 aromatic rings. The van der Waals surface area contributed by atoms with E-state index in [1.54, 1.807) is 30.3 Å². The molecule has 1 saturated heterocycles. The van der Waals surface area contributed by atoms with Gasteiger partial charge >= 0.3 is 0 Å². The minimum absolute atomic E-state index is 0.0143. The number of methoxy groups -OCH3 is 1. The van der Waals surface area contributed by atoms with Gasteiger partial charge in [0.05, 0.1) is 24.8 Å². The van der Waals surface area contributed by atoms with Crippen LogP contribution in [-0.4, -0.2) is 61.8 Å². The Labute approximate surface area is 192 Å². The van der Waals surface area contributed by atoms with E-state index in [1.165, 1.54) is 12.0 Å². The van der Waals surface area contributed by atoms with Crippen molar-refractivity contribution in [3.05, 3.63) is 59.2 Å². The van der Waals surface area contributed by atoms with Crippen molar-refractivity contribution < 1.29 is 33.6 Å². The van der Waals surface area contributed by atoms with Crippen LogP contribution in [0.2, 0.25) is 0 Å². The summed E-state index contributed by atoms with van der Waals surface area (Å²) in [6.07, 6.45) is 0.848. The predicted molar refractivity (Wildman–Crippen MR) is 121 cm³/mol. The van der Waals surface area contributed by atoms with E-state index in [0.29, 0.717) is 48.2 Å². The number of aliphatic hydroxyl groups is 1. The number of ether oxygens (including phenoxy) is 4. The normalized spacial score (nSPS) is 19.1. The number of hydrogen-bond donors (Lipinski definition) is 1. The van der Waals surface area contributed by atoms with Crippen LogP contribution in [0.15, 0.2) is 48.0 Å². The van der Waals surface area contributed by atoms with Crippen molar-refractivity contribution in [2.24, 2.45) is 0 Å². The van der Waals surface area contributed by atoms with Gasteiger partial charge in [-0.15, -0.1) is 0 Å². The molecule has 2 aromatic carbocycles. The second kappa shape index (κ2) is 9.95. The van der Waals surface area contributed by atoms with Crippen LogP contribution in [0.3, 0.4) is 0 Å². The number of carbonyl (C=O) groups excluding carboxylic acids is 2. The number of hydrogen-bond acceptors (Lipinski definition) is 7. The molecule has 0 aliphatic carbocycles. The van der Waals surface area contributed by atoms with Gasteiger partial charge in [-0.3, -0.25) is 9.59 Å². The fourth-order valence-corrected chi connectivity index (χ4v) is 3.99. The molecular formula is C25H27NO7. The van der Waals surface area contributed by atoms with Crippen LogP contribution in [0.4, 0.5) is 0 Å². The highest BCUT2D eigenvalue weighted by Crippen LogP contribution is 2.41. The molecule has 0 saturated carbocycles. The molecular weight excluding hydrogens is 426 g/mol. The Morgan fingerprint density at radius 3 is 2.64 bits per heavy atom. The summed E-state index contributed by atoms with van der Waals surface area (Å²) in [6, 6.07) is 11.4. The van der Waals surface area contributed by atoms with E-state index in [0.717, 1.165) is 6.42 Å². The van der Waals surface area contributed by atoms with Crippen LogP contribution < -0.4 is 14.2 Å². The lowest BCUT2D eigenvalue weighted by molar-refractivity contribution is -0.140. The first kappa shape index (κ1) is 22.7. The van der Waals surface area contributed by atoms with Crippen molar-refractivity contribution in [1.29, 1.82) is 0 Å². The first-order valence-corrected chi connectivity index (χ1v) is 10.9. The zero-order valence-electron chi connectivity index (χ0n) is 18.7. The smallest absolute Gasteiger partial charge is 0.295 e. The molecule has 8 heteroatoms. The summed E-state index contributed by atoms with van der Waals surface area (Å²) in [5.41, 5.74) is 1.05. The third kappa shape index (κ3) is 4.52. The zero-order chi connectivity index (χ0) is 23.4. The molecule has 1 amide bonds. The second-order valence-electron chi connectivity index (χ2n) is 7.76. The SMILES string of the molecule is CCCOc1cccc([C@@H]2/C(=C(\O)c3ccc4c(c3)OCCO4)C(=O)C(=O)N2CCOC)c1. The monoisotopic (exact) mass is 453 g/mol. The predicted octanol–water partition coefficient (Wildman–Crippen LogP) is 3.31. The Balaban J connectivity index is 1.80. The van der Waals surface area contributed by atoms with E-state index >= 15 is 0 Å². The molecule has 0 spiro atoms. The van der Waals surface area contributed by atoms with Crippen LogP contribution in [0.1, 0.15) is 30.5 Å².